The Kier molecular flexibility index (Phi) is 7.28. The lowest BCUT2D eigenvalue weighted by atomic mass is 10.1. The van der Waals surface area contributed by atoms with E-state index in [9.17, 15) is 14.7 Å². The van der Waals surface area contributed by atoms with Crippen LogP contribution in [0.3, 0.4) is 0 Å². The monoisotopic (exact) mass is 306 g/mol. The number of amides is 2. The van der Waals surface area contributed by atoms with E-state index < -0.39 is 12.2 Å². The average Bonchev–Trinajstić information content (AvgIpc) is 2.46. The van der Waals surface area contributed by atoms with Gasteiger partial charge in [-0.2, -0.15) is 0 Å². The second kappa shape index (κ2) is 8.46. The molecule has 0 radical (unpaired) electrons. The number of carbonyl (C=O) groups is 2. The largest absolute Gasteiger partial charge is 0.393 e. The lowest BCUT2D eigenvalue weighted by Gasteiger charge is -2.26. The molecule has 1 aliphatic rings. The van der Waals surface area contributed by atoms with Gasteiger partial charge in [0.25, 0.3) is 0 Å². The minimum Gasteiger partial charge on any atom is -0.393 e. The quantitative estimate of drug-likeness (QED) is 0.526. The van der Waals surface area contributed by atoms with Gasteiger partial charge in [0.2, 0.25) is 11.8 Å². The summed E-state index contributed by atoms with van der Waals surface area (Å²) >= 11 is 1.23. The van der Waals surface area contributed by atoms with E-state index in [4.69, 9.17) is 9.84 Å². The van der Waals surface area contributed by atoms with Gasteiger partial charge in [-0.1, -0.05) is 0 Å². The second-order valence-corrected chi connectivity index (χ2v) is 5.90. The van der Waals surface area contributed by atoms with Crippen LogP contribution in [0.4, 0.5) is 0 Å². The van der Waals surface area contributed by atoms with E-state index in [1.54, 1.807) is 4.90 Å². The molecule has 0 aromatic carbocycles. The molecule has 1 aliphatic heterocycles. The zero-order chi connectivity index (χ0) is 15.0. The van der Waals surface area contributed by atoms with Gasteiger partial charge in [0, 0.05) is 19.6 Å². The summed E-state index contributed by atoms with van der Waals surface area (Å²) < 4.78 is 5.16. The fraction of sp³-hybridized carbons (Fsp3) is 0.833. The highest BCUT2D eigenvalue weighted by atomic mass is 32.2. The number of aliphatic hydroxyl groups excluding tert-OH is 1. The number of nitrogens with one attached hydrogen (secondary N) is 1. The number of morpholine rings is 1. The first-order valence-electron chi connectivity index (χ1n) is 6.48. The molecule has 2 amide bonds. The summed E-state index contributed by atoms with van der Waals surface area (Å²) in [6, 6.07) is 0. The van der Waals surface area contributed by atoms with E-state index in [0.29, 0.717) is 26.3 Å². The first-order chi connectivity index (χ1) is 9.44. The summed E-state index contributed by atoms with van der Waals surface area (Å²) in [5.74, 6) is 0.147. The summed E-state index contributed by atoms with van der Waals surface area (Å²) in [6.07, 6.45) is 0. The molecule has 116 valence electrons. The van der Waals surface area contributed by atoms with Gasteiger partial charge in [-0.3, -0.25) is 9.59 Å². The second-order valence-electron chi connectivity index (χ2n) is 4.92. The zero-order valence-electron chi connectivity index (χ0n) is 11.6. The Hall–Kier alpha value is -0.830. The minimum absolute atomic E-state index is 0.00783. The topological polar surface area (TPSA) is 99.1 Å². The number of rotatable bonds is 7. The third kappa shape index (κ3) is 6.56. The summed E-state index contributed by atoms with van der Waals surface area (Å²) in [5, 5.41) is 20.9. The fourth-order valence-corrected chi connectivity index (χ4v) is 2.28. The Labute approximate surface area is 122 Å². The van der Waals surface area contributed by atoms with Crippen LogP contribution in [0.25, 0.3) is 0 Å². The summed E-state index contributed by atoms with van der Waals surface area (Å²) in [5.41, 5.74) is -1.32. The Morgan fingerprint density at radius 1 is 1.35 bits per heavy atom. The summed E-state index contributed by atoms with van der Waals surface area (Å²) in [7, 11) is 0. The zero-order valence-corrected chi connectivity index (χ0v) is 12.4. The average molecular weight is 306 g/mol. The first-order valence-corrected chi connectivity index (χ1v) is 7.63. The molecule has 0 aliphatic carbocycles. The highest BCUT2D eigenvalue weighted by molar-refractivity contribution is 8.00. The molecule has 1 saturated heterocycles. The van der Waals surface area contributed by atoms with Crippen LogP contribution in [0.2, 0.25) is 0 Å². The van der Waals surface area contributed by atoms with Crippen molar-refractivity contribution >= 4 is 23.6 Å². The lowest BCUT2D eigenvalue weighted by molar-refractivity contribution is -0.132. The summed E-state index contributed by atoms with van der Waals surface area (Å²) in [4.78, 5) is 25.0. The molecule has 8 heteroatoms. The molecule has 0 aromatic rings. The Morgan fingerprint density at radius 2 is 2.00 bits per heavy atom. The number of nitrogens with zero attached hydrogens (tertiary/aromatic N) is 1. The van der Waals surface area contributed by atoms with Gasteiger partial charge in [0.15, 0.2) is 0 Å². The predicted octanol–water partition coefficient (Wildman–Crippen LogP) is -1.56. The van der Waals surface area contributed by atoms with Crippen molar-refractivity contribution in [3.63, 3.8) is 0 Å². The van der Waals surface area contributed by atoms with Gasteiger partial charge in [0.1, 0.15) is 5.60 Å². The first kappa shape index (κ1) is 17.2. The van der Waals surface area contributed by atoms with Crippen molar-refractivity contribution in [2.75, 3.05) is 51.0 Å². The van der Waals surface area contributed by atoms with Crippen LogP contribution in [-0.4, -0.2) is 83.5 Å². The SMILES string of the molecule is CC(O)(CO)CNC(=O)CSCC(=O)N1CCOCC1. The standard InChI is InChI=1S/C12H22N2O5S/c1-12(18,9-15)8-13-10(16)6-20-7-11(17)14-2-4-19-5-3-14/h15,18H,2-9H2,1H3,(H,13,16). The molecule has 0 aromatic heterocycles. The van der Waals surface area contributed by atoms with Crippen molar-refractivity contribution in [1.82, 2.24) is 10.2 Å². The van der Waals surface area contributed by atoms with E-state index in [-0.39, 0.29) is 29.9 Å². The minimum atomic E-state index is -1.32. The summed E-state index contributed by atoms with van der Waals surface area (Å²) in [6.45, 7) is 3.33. The number of aliphatic hydroxyl groups is 2. The molecular formula is C12H22N2O5S. The molecule has 1 atom stereocenters. The van der Waals surface area contributed by atoms with Crippen LogP contribution < -0.4 is 5.32 Å². The van der Waals surface area contributed by atoms with Gasteiger partial charge < -0.3 is 25.2 Å². The third-order valence-electron chi connectivity index (χ3n) is 2.83. The van der Waals surface area contributed by atoms with Crippen molar-refractivity contribution in [2.45, 2.75) is 12.5 Å². The van der Waals surface area contributed by atoms with Crippen molar-refractivity contribution in [2.24, 2.45) is 0 Å². The molecule has 3 N–H and O–H groups in total. The molecule has 0 spiro atoms. The normalized spacial score (nSPS) is 18.4. The number of ether oxygens (including phenoxy) is 1. The maximum Gasteiger partial charge on any atom is 0.232 e. The van der Waals surface area contributed by atoms with E-state index in [1.807, 2.05) is 0 Å². The smallest absolute Gasteiger partial charge is 0.232 e. The van der Waals surface area contributed by atoms with E-state index >= 15 is 0 Å². The number of carbonyl (C=O) groups excluding carboxylic acids is 2. The highest BCUT2D eigenvalue weighted by Crippen LogP contribution is 2.05. The van der Waals surface area contributed by atoms with Crippen LogP contribution in [0.5, 0.6) is 0 Å². The van der Waals surface area contributed by atoms with E-state index in [0.717, 1.165) is 0 Å². The fourth-order valence-electron chi connectivity index (χ4n) is 1.53. The van der Waals surface area contributed by atoms with Crippen molar-refractivity contribution in [1.29, 1.82) is 0 Å². The Morgan fingerprint density at radius 3 is 2.60 bits per heavy atom. The molecule has 1 rings (SSSR count). The van der Waals surface area contributed by atoms with Crippen molar-refractivity contribution in [3.05, 3.63) is 0 Å². The number of hydrogen-bond donors (Lipinski definition) is 3. The van der Waals surface area contributed by atoms with Gasteiger partial charge >= 0.3 is 0 Å². The van der Waals surface area contributed by atoms with E-state index in [1.165, 1.54) is 18.7 Å². The molecule has 1 fully saturated rings. The van der Waals surface area contributed by atoms with E-state index in [2.05, 4.69) is 5.32 Å². The number of thioether (sulfide) groups is 1. The molecule has 1 unspecified atom stereocenters. The van der Waals surface area contributed by atoms with Crippen molar-refractivity contribution in [3.8, 4) is 0 Å². The van der Waals surface area contributed by atoms with Crippen LogP contribution >= 0.6 is 11.8 Å². The molecular weight excluding hydrogens is 284 g/mol. The van der Waals surface area contributed by atoms with Gasteiger partial charge in [0.05, 0.1) is 31.3 Å². The van der Waals surface area contributed by atoms with Crippen LogP contribution in [0.1, 0.15) is 6.92 Å². The Balaban J connectivity index is 2.13. The lowest BCUT2D eigenvalue weighted by Crippen LogP contribution is -2.44. The maximum absolute atomic E-state index is 11.8. The van der Waals surface area contributed by atoms with Crippen molar-refractivity contribution < 1.29 is 24.5 Å². The third-order valence-corrected chi connectivity index (χ3v) is 3.75. The molecule has 1 heterocycles. The van der Waals surface area contributed by atoms with Crippen LogP contribution in [-0.2, 0) is 14.3 Å². The molecule has 20 heavy (non-hydrogen) atoms. The number of hydrogen-bond acceptors (Lipinski definition) is 6. The maximum atomic E-state index is 11.8. The van der Waals surface area contributed by atoms with Gasteiger partial charge in [-0.25, -0.2) is 0 Å². The highest BCUT2D eigenvalue weighted by Gasteiger charge is 2.20. The molecule has 0 saturated carbocycles. The Bertz CT molecular complexity index is 332. The van der Waals surface area contributed by atoms with Crippen LogP contribution in [0.15, 0.2) is 0 Å². The van der Waals surface area contributed by atoms with Crippen LogP contribution in [0, 0.1) is 0 Å². The molecule has 7 nitrogen and oxygen atoms in total. The molecule has 0 bridgehead atoms. The predicted molar refractivity (Wildman–Crippen MR) is 75.4 cm³/mol. The van der Waals surface area contributed by atoms with Gasteiger partial charge in [-0.05, 0) is 6.92 Å². The van der Waals surface area contributed by atoms with Gasteiger partial charge in [-0.15, -0.1) is 11.8 Å².